The molecule has 1 rings (SSSR count). The highest BCUT2D eigenvalue weighted by Crippen LogP contribution is 2.28. The van der Waals surface area contributed by atoms with E-state index in [-0.39, 0.29) is 6.04 Å². The van der Waals surface area contributed by atoms with Crippen molar-refractivity contribution in [2.75, 3.05) is 26.8 Å². The maximum Gasteiger partial charge on any atom is 0.122 e. The fourth-order valence-electron chi connectivity index (χ4n) is 1.80. The molecule has 0 amide bonds. The van der Waals surface area contributed by atoms with Crippen molar-refractivity contribution in [2.45, 2.75) is 32.0 Å². The lowest BCUT2D eigenvalue weighted by molar-refractivity contribution is 0.0946. The van der Waals surface area contributed by atoms with Gasteiger partial charge in [-0.2, -0.15) is 0 Å². The van der Waals surface area contributed by atoms with E-state index in [0.717, 1.165) is 0 Å². The number of alkyl halides is 1. The van der Waals surface area contributed by atoms with Gasteiger partial charge >= 0.3 is 0 Å². The molecule has 0 aliphatic carbocycles. The Kier molecular flexibility index (Phi) is 3.07. The van der Waals surface area contributed by atoms with Crippen LogP contribution in [0.5, 0.6) is 0 Å². The lowest BCUT2D eigenvalue weighted by atomic mass is 10.1. The zero-order valence-corrected chi connectivity index (χ0v) is 8.14. The molecular weight excluding hydrogens is 157 g/mol. The zero-order valence-electron chi connectivity index (χ0n) is 8.14. The Morgan fingerprint density at radius 3 is 2.75 bits per heavy atom. The average Bonchev–Trinajstić information content (AvgIpc) is 2.20. The minimum atomic E-state index is -1.02. The normalized spacial score (nSPS) is 37.5. The maximum atomic E-state index is 13.4. The minimum absolute atomic E-state index is 0.264. The summed E-state index contributed by atoms with van der Waals surface area (Å²) in [4.78, 5) is 2.04. The van der Waals surface area contributed by atoms with Crippen molar-refractivity contribution in [2.24, 2.45) is 0 Å². The van der Waals surface area contributed by atoms with E-state index in [0.29, 0.717) is 26.2 Å². The molecule has 0 radical (unpaired) electrons. The van der Waals surface area contributed by atoms with Crippen molar-refractivity contribution in [1.82, 2.24) is 4.90 Å². The molecule has 0 saturated carbocycles. The third-order valence-corrected chi connectivity index (χ3v) is 2.38. The van der Waals surface area contributed by atoms with Crippen LogP contribution in [-0.2, 0) is 4.74 Å². The van der Waals surface area contributed by atoms with Crippen molar-refractivity contribution in [1.29, 1.82) is 0 Å². The van der Waals surface area contributed by atoms with Crippen LogP contribution in [0.2, 0.25) is 0 Å². The summed E-state index contributed by atoms with van der Waals surface area (Å²) >= 11 is 0. The fourth-order valence-corrected chi connectivity index (χ4v) is 1.80. The van der Waals surface area contributed by atoms with E-state index in [1.165, 1.54) is 0 Å². The molecule has 1 fully saturated rings. The SMILES string of the molecule is CCOC[C@@H]1C[C@@](C)(F)CN1C. The Morgan fingerprint density at radius 2 is 2.33 bits per heavy atom. The summed E-state index contributed by atoms with van der Waals surface area (Å²) in [5.41, 5.74) is -1.02. The van der Waals surface area contributed by atoms with Gasteiger partial charge in [0, 0.05) is 25.6 Å². The first-order valence-corrected chi connectivity index (χ1v) is 4.52. The van der Waals surface area contributed by atoms with Gasteiger partial charge in [-0.3, -0.25) is 4.90 Å². The van der Waals surface area contributed by atoms with Gasteiger partial charge in [-0.15, -0.1) is 0 Å². The first-order valence-electron chi connectivity index (χ1n) is 4.52. The molecule has 1 aliphatic rings. The van der Waals surface area contributed by atoms with Crippen molar-refractivity contribution < 1.29 is 9.13 Å². The zero-order chi connectivity index (χ0) is 9.19. The molecule has 2 atom stereocenters. The average molecular weight is 175 g/mol. The van der Waals surface area contributed by atoms with Crippen LogP contribution in [0.25, 0.3) is 0 Å². The van der Waals surface area contributed by atoms with Crippen LogP contribution in [0, 0.1) is 0 Å². The molecule has 0 spiro atoms. The van der Waals surface area contributed by atoms with Crippen LogP contribution < -0.4 is 0 Å². The molecule has 0 N–H and O–H groups in total. The molecule has 0 aromatic rings. The number of rotatable bonds is 3. The summed E-state index contributed by atoms with van der Waals surface area (Å²) in [7, 11) is 1.95. The number of likely N-dealkylation sites (N-methyl/N-ethyl adjacent to an activating group) is 1. The molecule has 1 saturated heterocycles. The number of hydrogen-bond acceptors (Lipinski definition) is 2. The molecule has 0 unspecified atom stereocenters. The van der Waals surface area contributed by atoms with E-state index in [9.17, 15) is 4.39 Å². The van der Waals surface area contributed by atoms with E-state index in [4.69, 9.17) is 4.74 Å². The summed E-state index contributed by atoms with van der Waals surface area (Å²) in [6, 6.07) is 0.264. The van der Waals surface area contributed by atoms with E-state index in [1.54, 1.807) is 6.92 Å². The Hall–Kier alpha value is -0.150. The Balaban J connectivity index is 2.36. The van der Waals surface area contributed by atoms with Crippen molar-refractivity contribution >= 4 is 0 Å². The molecule has 1 aliphatic heterocycles. The predicted octanol–water partition coefficient (Wildman–Crippen LogP) is 1.46. The van der Waals surface area contributed by atoms with Gasteiger partial charge in [0.1, 0.15) is 5.67 Å². The first-order chi connectivity index (χ1) is 5.55. The summed E-state index contributed by atoms with van der Waals surface area (Å²) < 4.78 is 18.7. The van der Waals surface area contributed by atoms with Crippen LogP contribution in [0.3, 0.4) is 0 Å². The van der Waals surface area contributed by atoms with E-state index < -0.39 is 5.67 Å². The summed E-state index contributed by atoms with van der Waals surface area (Å²) in [6.07, 6.45) is 0.601. The topological polar surface area (TPSA) is 12.5 Å². The number of halogens is 1. The van der Waals surface area contributed by atoms with Gasteiger partial charge in [-0.1, -0.05) is 0 Å². The van der Waals surface area contributed by atoms with Crippen LogP contribution in [0.15, 0.2) is 0 Å². The smallest absolute Gasteiger partial charge is 0.122 e. The summed E-state index contributed by atoms with van der Waals surface area (Å²) in [6.45, 7) is 5.53. The number of ether oxygens (including phenoxy) is 1. The van der Waals surface area contributed by atoms with E-state index in [2.05, 4.69) is 0 Å². The maximum absolute atomic E-state index is 13.4. The van der Waals surface area contributed by atoms with E-state index >= 15 is 0 Å². The lowest BCUT2D eigenvalue weighted by Crippen LogP contribution is -2.29. The van der Waals surface area contributed by atoms with Crippen molar-refractivity contribution in [3.8, 4) is 0 Å². The standard InChI is InChI=1S/C9H18FNO/c1-4-12-6-8-5-9(2,10)7-11(8)3/h8H,4-7H2,1-3H3/t8-,9+/m0/s1. The number of nitrogens with zero attached hydrogens (tertiary/aromatic N) is 1. The molecule has 0 aromatic carbocycles. The quantitative estimate of drug-likeness (QED) is 0.644. The second-order valence-corrected chi connectivity index (χ2v) is 3.85. The second-order valence-electron chi connectivity index (χ2n) is 3.85. The molecule has 3 heteroatoms. The lowest BCUT2D eigenvalue weighted by Gasteiger charge is -2.17. The van der Waals surface area contributed by atoms with Gasteiger partial charge in [-0.05, 0) is 20.9 Å². The van der Waals surface area contributed by atoms with Gasteiger partial charge in [0.2, 0.25) is 0 Å². The van der Waals surface area contributed by atoms with Crippen molar-refractivity contribution in [3.05, 3.63) is 0 Å². The number of hydrogen-bond donors (Lipinski definition) is 0. The Morgan fingerprint density at radius 1 is 1.67 bits per heavy atom. The second kappa shape index (κ2) is 3.71. The van der Waals surface area contributed by atoms with Crippen LogP contribution in [-0.4, -0.2) is 43.4 Å². The van der Waals surface area contributed by atoms with Crippen LogP contribution in [0.1, 0.15) is 20.3 Å². The highest BCUT2D eigenvalue weighted by atomic mass is 19.1. The summed E-state index contributed by atoms with van der Waals surface area (Å²) in [5, 5.41) is 0. The van der Waals surface area contributed by atoms with Gasteiger partial charge < -0.3 is 4.74 Å². The number of likely N-dealkylation sites (tertiary alicyclic amines) is 1. The van der Waals surface area contributed by atoms with Gasteiger partial charge in [-0.25, -0.2) is 4.39 Å². The summed E-state index contributed by atoms with van der Waals surface area (Å²) in [5.74, 6) is 0. The highest BCUT2D eigenvalue weighted by molar-refractivity contribution is 4.92. The molecular formula is C9H18FNO. The fraction of sp³-hybridized carbons (Fsp3) is 1.00. The van der Waals surface area contributed by atoms with Gasteiger partial charge in [0.15, 0.2) is 0 Å². The third kappa shape index (κ3) is 2.42. The van der Waals surface area contributed by atoms with Crippen LogP contribution >= 0.6 is 0 Å². The molecule has 72 valence electrons. The first kappa shape index (κ1) is 9.93. The molecule has 12 heavy (non-hydrogen) atoms. The highest BCUT2D eigenvalue weighted by Gasteiger charge is 2.38. The van der Waals surface area contributed by atoms with E-state index in [1.807, 2.05) is 18.9 Å². The predicted molar refractivity (Wildman–Crippen MR) is 47.0 cm³/mol. The van der Waals surface area contributed by atoms with Crippen LogP contribution in [0.4, 0.5) is 4.39 Å². The molecule has 2 nitrogen and oxygen atoms in total. The third-order valence-electron chi connectivity index (χ3n) is 2.38. The Bertz CT molecular complexity index is 149. The van der Waals surface area contributed by atoms with Crippen molar-refractivity contribution in [3.63, 3.8) is 0 Å². The molecule has 1 heterocycles. The van der Waals surface area contributed by atoms with Gasteiger partial charge in [0.05, 0.1) is 6.61 Å². The molecule has 0 bridgehead atoms. The van der Waals surface area contributed by atoms with Gasteiger partial charge in [0.25, 0.3) is 0 Å². The Labute approximate surface area is 73.7 Å². The largest absolute Gasteiger partial charge is 0.380 e. The monoisotopic (exact) mass is 175 g/mol. The minimum Gasteiger partial charge on any atom is -0.380 e. The molecule has 0 aromatic heterocycles.